The third kappa shape index (κ3) is 6.70. The molecule has 4 nitrogen and oxygen atoms in total. The van der Waals surface area contributed by atoms with Crippen molar-refractivity contribution in [2.24, 2.45) is 10.9 Å². The Balaban J connectivity index is 2.22. The maximum Gasteiger partial charge on any atom is 0.191 e. The largest absolute Gasteiger partial charge is 0.492 e. The molecule has 0 aliphatic rings. The lowest BCUT2D eigenvalue weighted by molar-refractivity contribution is 0.321. The van der Waals surface area contributed by atoms with E-state index < -0.39 is 0 Å². The molecular weight excluding hydrogens is 238 g/mol. The average Bonchev–Trinajstić information content (AvgIpc) is 2.38. The maximum absolute atomic E-state index is 5.66. The minimum Gasteiger partial charge on any atom is -0.492 e. The van der Waals surface area contributed by atoms with Gasteiger partial charge in [-0.15, -0.1) is 0 Å². The first-order chi connectivity index (χ1) is 9.11. The van der Waals surface area contributed by atoms with Gasteiger partial charge in [-0.25, -0.2) is 0 Å². The van der Waals surface area contributed by atoms with Gasteiger partial charge >= 0.3 is 0 Å². The monoisotopic (exact) mass is 263 g/mol. The van der Waals surface area contributed by atoms with Gasteiger partial charge in [-0.05, 0) is 30.5 Å². The van der Waals surface area contributed by atoms with Crippen LogP contribution in [0, 0.1) is 12.8 Å². The third-order valence-electron chi connectivity index (χ3n) is 2.55. The molecule has 106 valence electrons. The van der Waals surface area contributed by atoms with Gasteiger partial charge in [0.2, 0.25) is 0 Å². The van der Waals surface area contributed by atoms with Crippen molar-refractivity contribution >= 4 is 5.96 Å². The Morgan fingerprint density at radius 3 is 2.74 bits per heavy atom. The Morgan fingerprint density at radius 1 is 1.32 bits per heavy atom. The topological polar surface area (TPSA) is 45.7 Å². The molecule has 0 bridgehead atoms. The summed E-state index contributed by atoms with van der Waals surface area (Å²) in [7, 11) is 1.77. The van der Waals surface area contributed by atoms with E-state index in [-0.39, 0.29) is 0 Å². The van der Waals surface area contributed by atoms with E-state index in [0.717, 1.165) is 24.8 Å². The summed E-state index contributed by atoms with van der Waals surface area (Å²) in [6.45, 7) is 8.65. The third-order valence-corrected chi connectivity index (χ3v) is 2.55. The van der Waals surface area contributed by atoms with Crippen molar-refractivity contribution in [1.29, 1.82) is 0 Å². The highest BCUT2D eigenvalue weighted by Gasteiger charge is 1.99. The molecule has 1 rings (SSSR count). The number of guanidine groups is 1. The van der Waals surface area contributed by atoms with Crippen molar-refractivity contribution in [1.82, 2.24) is 10.6 Å². The summed E-state index contributed by atoms with van der Waals surface area (Å²) in [5.74, 6) is 2.33. The molecule has 0 amide bonds. The van der Waals surface area contributed by atoms with Gasteiger partial charge in [0, 0.05) is 13.6 Å². The smallest absolute Gasteiger partial charge is 0.191 e. The molecule has 19 heavy (non-hydrogen) atoms. The minimum absolute atomic E-state index is 0.599. The number of aliphatic imine (C=N–C) groups is 1. The van der Waals surface area contributed by atoms with Gasteiger partial charge in [-0.2, -0.15) is 0 Å². The molecule has 0 saturated heterocycles. The molecule has 0 atom stereocenters. The SMILES string of the molecule is CN=C(NCCOc1cccc(C)c1)NCC(C)C. The van der Waals surface area contributed by atoms with Crippen LogP contribution in [-0.2, 0) is 0 Å². The molecule has 1 aromatic rings. The summed E-state index contributed by atoms with van der Waals surface area (Å²) in [5, 5.41) is 6.48. The summed E-state index contributed by atoms with van der Waals surface area (Å²) in [6, 6.07) is 8.06. The van der Waals surface area contributed by atoms with Crippen molar-refractivity contribution < 1.29 is 4.74 Å². The molecule has 0 spiro atoms. The van der Waals surface area contributed by atoms with E-state index in [9.17, 15) is 0 Å². The van der Waals surface area contributed by atoms with Crippen LogP contribution in [0.25, 0.3) is 0 Å². The molecular formula is C15H25N3O. The zero-order chi connectivity index (χ0) is 14.1. The molecule has 2 N–H and O–H groups in total. The lowest BCUT2D eigenvalue weighted by atomic mass is 10.2. The van der Waals surface area contributed by atoms with E-state index in [1.54, 1.807) is 7.05 Å². The van der Waals surface area contributed by atoms with E-state index in [2.05, 4.69) is 42.5 Å². The molecule has 0 aliphatic carbocycles. The van der Waals surface area contributed by atoms with Gasteiger partial charge in [-0.3, -0.25) is 4.99 Å². The van der Waals surface area contributed by atoms with Gasteiger partial charge in [-0.1, -0.05) is 26.0 Å². The first-order valence-electron chi connectivity index (χ1n) is 6.76. The molecule has 4 heteroatoms. The van der Waals surface area contributed by atoms with Crippen LogP contribution in [0.1, 0.15) is 19.4 Å². The zero-order valence-corrected chi connectivity index (χ0v) is 12.4. The van der Waals surface area contributed by atoms with Crippen LogP contribution in [0.15, 0.2) is 29.3 Å². The van der Waals surface area contributed by atoms with Crippen molar-refractivity contribution in [3.63, 3.8) is 0 Å². The van der Waals surface area contributed by atoms with E-state index in [0.29, 0.717) is 12.5 Å². The van der Waals surface area contributed by atoms with E-state index in [1.807, 2.05) is 18.2 Å². The van der Waals surface area contributed by atoms with Gasteiger partial charge in [0.1, 0.15) is 12.4 Å². The van der Waals surface area contributed by atoms with Crippen LogP contribution in [0.5, 0.6) is 5.75 Å². The summed E-state index contributed by atoms with van der Waals surface area (Å²) in [5.41, 5.74) is 1.21. The van der Waals surface area contributed by atoms with Gasteiger partial charge in [0.25, 0.3) is 0 Å². The highest BCUT2D eigenvalue weighted by atomic mass is 16.5. The van der Waals surface area contributed by atoms with Crippen molar-refractivity contribution in [2.45, 2.75) is 20.8 Å². The number of hydrogen-bond acceptors (Lipinski definition) is 2. The van der Waals surface area contributed by atoms with Gasteiger partial charge in [0.05, 0.1) is 6.54 Å². The van der Waals surface area contributed by atoms with Crippen molar-refractivity contribution in [3.8, 4) is 5.75 Å². The van der Waals surface area contributed by atoms with Gasteiger partial charge < -0.3 is 15.4 Å². The molecule has 1 aromatic carbocycles. The lowest BCUT2D eigenvalue weighted by Gasteiger charge is -2.13. The maximum atomic E-state index is 5.66. The summed E-state index contributed by atoms with van der Waals surface area (Å²) < 4.78 is 5.66. The van der Waals surface area contributed by atoms with Crippen LogP contribution in [0.3, 0.4) is 0 Å². The highest BCUT2D eigenvalue weighted by Crippen LogP contribution is 2.11. The zero-order valence-electron chi connectivity index (χ0n) is 12.4. The molecule has 0 aromatic heterocycles. The second-order valence-electron chi connectivity index (χ2n) is 4.94. The molecule has 0 unspecified atom stereocenters. The first-order valence-corrected chi connectivity index (χ1v) is 6.76. The van der Waals surface area contributed by atoms with Crippen LogP contribution < -0.4 is 15.4 Å². The minimum atomic E-state index is 0.599. The number of hydrogen-bond donors (Lipinski definition) is 2. The summed E-state index contributed by atoms with van der Waals surface area (Å²) >= 11 is 0. The van der Waals surface area contributed by atoms with E-state index in [4.69, 9.17) is 4.74 Å². The predicted molar refractivity (Wildman–Crippen MR) is 80.9 cm³/mol. The fourth-order valence-corrected chi connectivity index (χ4v) is 1.56. The number of benzene rings is 1. The standard InChI is InChI=1S/C15H25N3O/c1-12(2)11-18-15(16-4)17-8-9-19-14-7-5-6-13(3)10-14/h5-7,10,12H,8-9,11H2,1-4H3,(H2,16,17,18). The number of rotatable bonds is 6. The Hall–Kier alpha value is -1.71. The molecule has 0 aliphatic heterocycles. The Bertz CT molecular complexity index is 402. The summed E-state index contributed by atoms with van der Waals surface area (Å²) in [6.07, 6.45) is 0. The van der Waals surface area contributed by atoms with Crippen molar-refractivity contribution in [3.05, 3.63) is 29.8 Å². The molecule has 0 saturated carbocycles. The fraction of sp³-hybridized carbons (Fsp3) is 0.533. The fourth-order valence-electron chi connectivity index (χ4n) is 1.56. The van der Waals surface area contributed by atoms with E-state index in [1.165, 1.54) is 5.56 Å². The van der Waals surface area contributed by atoms with Crippen LogP contribution >= 0.6 is 0 Å². The number of ether oxygens (including phenoxy) is 1. The van der Waals surface area contributed by atoms with E-state index >= 15 is 0 Å². The number of aryl methyl sites for hydroxylation is 1. The lowest BCUT2D eigenvalue weighted by Crippen LogP contribution is -2.40. The number of nitrogens with zero attached hydrogens (tertiary/aromatic N) is 1. The highest BCUT2D eigenvalue weighted by molar-refractivity contribution is 5.79. The van der Waals surface area contributed by atoms with Crippen LogP contribution in [0.2, 0.25) is 0 Å². The van der Waals surface area contributed by atoms with Crippen LogP contribution in [0.4, 0.5) is 0 Å². The second kappa shape index (κ2) is 8.40. The Morgan fingerprint density at radius 2 is 2.11 bits per heavy atom. The molecule has 0 radical (unpaired) electrons. The van der Waals surface area contributed by atoms with Crippen molar-refractivity contribution in [2.75, 3.05) is 26.7 Å². The molecule has 0 heterocycles. The Kier molecular flexibility index (Phi) is 6.79. The quantitative estimate of drug-likeness (QED) is 0.470. The predicted octanol–water partition coefficient (Wildman–Crippen LogP) is 2.19. The normalized spacial score (nSPS) is 11.5. The second-order valence-corrected chi connectivity index (χ2v) is 4.94. The first kappa shape index (κ1) is 15.3. The Labute approximate surface area is 116 Å². The average molecular weight is 263 g/mol. The number of nitrogens with one attached hydrogen (secondary N) is 2. The van der Waals surface area contributed by atoms with Crippen LogP contribution in [-0.4, -0.2) is 32.7 Å². The van der Waals surface area contributed by atoms with Gasteiger partial charge in [0.15, 0.2) is 5.96 Å². The molecule has 0 fully saturated rings. The summed E-state index contributed by atoms with van der Waals surface area (Å²) in [4.78, 5) is 4.16.